The summed E-state index contributed by atoms with van der Waals surface area (Å²) < 4.78 is 0. The number of nitrogens with two attached hydrogens (primary N) is 1. The Hall–Kier alpha value is -2.03. The minimum atomic E-state index is -0.447. The molecule has 3 rings (SSSR count). The lowest BCUT2D eigenvalue weighted by atomic mass is 10.0. The number of carbonyl (C=O) groups is 2. The summed E-state index contributed by atoms with van der Waals surface area (Å²) in [6.07, 6.45) is 3.95. The van der Waals surface area contributed by atoms with E-state index in [1.165, 1.54) is 4.90 Å². The Morgan fingerprint density at radius 1 is 1.33 bits per heavy atom. The molecule has 1 unspecified atom stereocenters. The zero-order valence-corrected chi connectivity index (χ0v) is 13.5. The first-order valence-electron chi connectivity index (χ1n) is 8.26. The smallest absolute Gasteiger partial charge is 0.330 e. The van der Waals surface area contributed by atoms with E-state index in [0.717, 1.165) is 44.5 Å². The number of amides is 3. The van der Waals surface area contributed by atoms with E-state index in [4.69, 9.17) is 5.73 Å². The Labute approximate surface area is 140 Å². The maximum Gasteiger partial charge on any atom is 0.330 e. The molecule has 4 N–H and O–H groups in total. The number of anilines is 1. The molecule has 1 atom stereocenters. The molecule has 130 valence electrons. The highest BCUT2D eigenvalue weighted by Gasteiger charge is 2.28. The number of carbonyl (C=O) groups excluding carboxylic acids is 2. The van der Waals surface area contributed by atoms with E-state index < -0.39 is 6.03 Å². The van der Waals surface area contributed by atoms with E-state index in [2.05, 4.69) is 15.2 Å². The Morgan fingerprint density at radius 2 is 2.08 bits per heavy atom. The third-order valence-corrected chi connectivity index (χ3v) is 4.58. The van der Waals surface area contributed by atoms with Crippen molar-refractivity contribution in [2.75, 3.05) is 31.1 Å². The fourth-order valence-corrected chi connectivity index (χ4v) is 3.03. The molecule has 8 heteroatoms. The van der Waals surface area contributed by atoms with Crippen molar-refractivity contribution >= 4 is 17.8 Å². The molecular formula is C16H23N5O3. The maximum atomic E-state index is 11.6. The molecule has 0 aliphatic carbocycles. The van der Waals surface area contributed by atoms with Crippen LogP contribution in [0.25, 0.3) is 0 Å². The van der Waals surface area contributed by atoms with E-state index in [1.807, 2.05) is 6.07 Å². The van der Waals surface area contributed by atoms with Gasteiger partial charge < -0.3 is 15.7 Å². The number of rotatable bonds is 5. The molecule has 0 bridgehead atoms. The molecule has 0 saturated carbocycles. The molecule has 2 fully saturated rings. The van der Waals surface area contributed by atoms with Crippen LogP contribution in [0.15, 0.2) is 18.3 Å². The average molecular weight is 333 g/mol. The van der Waals surface area contributed by atoms with E-state index in [-0.39, 0.29) is 24.6 Å². The second kappa shape index (κ2) is 7.25. The molecule has 3 heterocycles. The maximum absolute atomic E-state index is 11.6. The second-order valence-corrected chi connectivity index (χ2v) is 6.36. The van der Waals surface area contributed by atoms with Gasteiger partial charge in [0.1, 0.15) is 12.4 Å². The summed E-state index contributed by atoms with van der Waals surface area (Å²) in [4.78, 5) is 30.7. The van der Waals surface area contributed by atoms with Crippen molar-refractivity contribution in [3.05, 3.63) is 23.9 Å². The normalized spacial score (nSPS) is 21.2. The lowest BCUT2D eigenvalue weighted by Gasteiger charge is -2.30. The van der Waals surface area contributed by atoms with Gasteiger partial charge >= 0.3 is 6.03 Å². The predicted molar refractivity (Wildman–Crippen MR) is 88.3 cm³/mol. The Kier molecular flexibility index (Phi) is 5.08. The Bertz CT molecular complexity index is 598. The molecule has 0 aromatic carbocycles. The van der Waals surface area contributed by atoms with Crippen LogP contribution >= 0.6 is 0 Å². The highest BCUT2D eigenvalue weighted by molar-refractivity contribution is 6.11. The van der Waals surface area contributed by atoms with Gasteiger partial charge in [0.2, 0.25) is 5.91 Å². The Balaban J connectivity index is 1.53. The largest absolute Gasteiger partial charge is 0.393 e. The number of nitrogens with zero attached hydrogens (tertiary/aromatic N) is 3. The highest BCUT2D eigenvalue weighted by atomic mass is 16.3. The van der Waals surface area contributed by atoms with Crippen LogP contribution in [0.1, 0.15) is 30.9 Å². The van der Waals surface area contributed by atoms with Crippen LogP contribution in [-0.4, -0.2) is 59.2 Å². The summed E-state index contributed by atoms with van der Waals surface area (Å²) >= 11 is 0. The average Bonchev–Trinajstić information content (AvgIpc) is 2.92. The van der Waals surface area contributed by atoms with Gasteiger partial charge in [-0.15, -0.1) is 0 Å². The summed E-state index contributed by atoms with van der Waals surface area (Å²) in [5.74, 6) is 0.119. The van der Waals surface area contributed by atoms with Crippen LogP contribution in [0.2, 0.25) is 0 Å². The predicted octanol–water partition coefficient (Wildman–Crippen LogP) is -0.0156. The third-order valence-electron chi connectivity index (χ3n) is 4.58. The summed E-state index contributed by atoms with van der Waals surface area (Å²) in [5, 5.41) is 11.7. The van der Waals surface area contributed by atoms with Crippen molar-refractivity contribution in [3.63, 3.8) is 0 Å². The van der Waals surface area contributed by atoms with E-state index in [0.29, 0.717) is 5.82 Å². The van der Waals surface area contributed by atoms with Gasteiger partial charge in [-0.2, -0.15) is 0 Å². The van der Waals surface area contributed by atoms with Gasteiger partial charge in [0.05, 0.1) is 6.10 Å². The molecule has 2 saturated heterocycles. The molecule has 3 amide bonds. The molecule has 2 aliphatic heterocycles. The monoisotopic (exact) mass is 333 g/mol. The fourth-order valence-electron chi connectivity index (χ4n) is 3.03. The fraction of sp³-hybridized carbons (Fsp3) is 0.562. The first-order chi connectivity index (χ1) is 11.5. The minimum absolute atomic E-state index is 0.00194. The molecule has 1 aromatic heterocycles. The molecule has 0 radical (unpaired) electrons. The van der Waals surface area contributed by atoms with Gasteiger partial charge in [-0.1, -0.05) is 6.07 Å². The highest BCUT2D eigenvalue weighted by Crippen LogP contribution is 2.19. The number of urea groups is 1. The zero-order chi connectivity index (χ0) is 17.1. The van der Waals surface area contributed by atoms with Crippen LogP contribution in [0.4, 0.5) is 10.6 Å². The van der Waals surface area contributed by atoms with Crippen molar-refractivity contribution in [2.45, 2.75) is 31.4 Å². The van der Waals surface area contributed by atoms with Crippen molar-refractivity contribution in [1.82, 2.24) is 15.2 Å². The first kappa shape index (κ1) is 16.8. The van der Waals surface area contributed by atoms with Crippen molar-refractivity contribution in [2.24, 2.45) is 5.73 Å². The zero-order valence-electron chi connectivity index (χ0n) is 13.5. The van der Waals surface area contributed by atoms with Gasteiger partial charge in [0.15, 0.2) is 0 Å². The Morgan fingerprint density at radius 3 is 2.67 bits per heavy atom. The van der Waals surface area contributed by atoms with Crippen LogP contribution in [0, 0.1) is 0 Å². The second-order valence-electron chi connectivity index (χ2n) is 6.36. The van der Waals surface area contributed by atoms with Gasteiger partial charge in [0, 0.05) is 25.3 Å². The molecular weight excluding hydrogens is 310 g/mol. The van der Waals surface area contributed by atoms with E-state index >= 15 is 0 Å². The number of nitrogens with one attached hydrogen (secondary N) is 1. The third kappa shape index (κ3) is 3.89. The van der Waals surface area contributed by atoms with Crippen LogP contribution < -0.4 is 16.0 Å². The quantitative estimate of drug-likeness (QED) is 0.653. The summed E-state index contributed by atoms with van der Waals surface area (Å²) in [5.41, 5.74) is 7.13. The van der Waals surface area contributed by atoms with Crippen LogP contribution in [-0.2, 0) is 4.79 Å². The number of hydrogen-bond donors (Lipinski definition) is 3. The van der Waals surface area contributed by atoms with Crippen molar-refractivity contribution < 1.29 is 14.7 Å². The van der Waals surface area contributed by atoms with Gasteiger partial charge in [-0.3, -0.25) is 15.0 Å². The number of piperidine rings is 1. The van der Waals surface area contributed by atoms with Gasteiger partial charge in [0.25, 0.3) is 0 Å². The number of aliphatic hydroxyl groups excluding tert-OH is 1. The molecule has 8 nitrogen and oxygen atoms in total. The number of imide groups is 1. The topological polar surface area (TPSA) is 112 Å². The molecule has 24 heavy (non-hydrogen) atoms. The number of likely N-dealkylation sites (tertiary alicyclic amines) is 1. The van der Waals surface area contributed by atoms with Crippen molar-refractivity contribution in [1.29, 1.82) is 0 Å². The molecule has 0 spiro atoms. The van der Waals surface area contributed by atoms with Gasteiger partial charge in [-0.05, 0) is 37.4 Å². The van der Waals surface area contributed by atoms with E-state index in [9.17, 15) is 14.7 Å². The standard InChI is InChI=1S/C16H23N5O3/c17-13(5-8-20-6-3-12(22)4-7-20)11-1-2-14(18-9-11)21-10-15(23)19-16(21)24/h1-2,9,12-13,22H,3-8,10,17H2,(H,19,23,24). The summed E-state index contributed by atoms with van der Waals surface area (Å²) in [6.45, 7) is 2.70. The number of hydrogen-bond acceptors (Lipinski definition) is 6. The van der Waals surface area contributed by atoms with E-state index in [1.54, 1.807) is 12.3 Å². The SMILES string of the molecule is NC(CCN1CCC(O)CC1)c1ccc(N2CC(=O)NC2=O)nc1. The van der Waals surface area contributed by atoms with Crippen molar-refractivity contribution in [3.8, 4) is 0 Å². The molecule has 2 aliphatic rings. The number of aromatic nitrogens is 1. The summed E-state index contributed by atoms with van der Waals surface area (Å²) in [7, 11) is 0. The number of aliphatic hydroxyl groups is 1. The van der Waals surface area contributed by atoms with Crippen LogP contribution in [0.5, 0.6) is 0 Å². The minimum Gasteiger partial charge on any atom is -0.393 e. The first-order valence-corrected chi connectivity index (χ1v) is 8.26. The lowest BCUT2D eigenvalue weighted by molar-refractivity contribution is -0.117. The lowest BCUT2D eigenvalue weighted by Crippen LogP contribution is -2.37. The molecule has 1 aromatic rings. The number of pyridine rings is 1. The van der Waals surface area contributed by atoms with Crippen LogP contribution in [0.3, 0.4) is 0 Å². The summed E-state index contributed by atoms with van der Waals surface area (Å²) in [6, 6.07) is 2.98. The van der Waals surface area contributed by atoms with Gasteiger partial charge in [-0.25, -0.2) is 9.78 Å².